The molecule has 4 unspecified atom stereocenters. The third kappa shape index (κ3) is 11.3. The van der Waals surface area contributed by atoms with Crippen LogP contribution in [0, 0.1) is 23.7 Å². The van der Waals surface area contributed by atoms with E-state index in [-0.39, 0.29) is 60.6 Å². The summed E-state index contributed by atoms with van der Waals surface area (Å²) in [7, 11) is 7.01. The molecule has 10 heteroatoms. The lowest BCUT2D eigenvalue weighted by atomic mass is 9.80. The molecule has 2 aliphatic rings. The Balaban J connectivity index is 2.52. The molecule has 1 saturated heterocycles. The zero-order valence-electron chi connectivity index (χ0n) is 27.7. The molecular formula is C33H57NO9. The highest BCUT2D eigenvalue weighted by Crippen LogP contribution is 2.35. The summed E-state index contributed by atoms with van der Waals surface area (Å²) in [6.45, 7) is 9.48. The average Bonchev–Trinajstić information content (AvgIpc) is 2.97. The summed E-state index contributed by atoms with van der Waals surface area (Å²) >= 11 is 0. The van der Waals surface area contributed by atoms with Gasteiger partial charge in [0.05, 0.1) is 18.8 Å². The first-order valence-corrected chi connectivity index (χ1v) is 15.8. The van der Waals surface area contributed by atoms with Crippen LogP contribution in [0.25, 0.3) is 0 Å². The van der Waals surface area contributed by atoms with E-state index in [0.29, 0.717) is 32.1 Å². The van der Waals surface area contributed by atoms with E-state index < -0.39 is 30.9 Å². The van der Waals surface area contributed by atoms with Crippen molar-refractivity contribution in [2.45, 2.75) is 116 Å². The second-order valence-electron chi connectivity index (χ2n) is 12.7. The lowest BCUT2D eigenvalue weighted by Crippen LogP contribution is -2.56. The van der Waals surface area contributed by atoms with Gasteiger partial charge in [-0.05, 0) is 71.5 Å². The SMILES string of the molecule is CC[C@H]1OC(=O)CC[C@H](C)[C@@H](OC2OC(C)CC(N(C)C)C2O)[C@@H](CC(OC)OC)C[C@@H](C)C(=O)C=CC(C)=C[C@@H]1CO. The summed E-state index contributed by atoms with van der Waals surface area (Å²) in [5, 5.41) is 21.3. The molecule has 2 aliphatic heterocycles. The van der Waals surface area contributed by atoms with Gasteiger partial charge in [-0.2, -0.15) is 0 Å². The predicted octanol–water partition coefficient (Wildman–Crippen LogP) is 3.88. The number of ether oxygens (including phenoxy) is 5. The van der Waals surface area contributed by atoms with Crippen molar-refractivity contribution in [3.05, 3.63) is 23.8 Å². The van der Waals surface area contributed by atoms with E-state index in [2.05, 4.69) is 0 Å². The summed E-state index contributed by atoms with van der Waals surface area (Å²) in [4.78, 5) is 28.4. The first-order chi connectivity index (χ1) is 20.3. The maximum absolute atomic E-state index is 13.3. The van der Waals surface area contributed by atoms with Crippen LogP contribution in [0.1, 0.15) is 73.1 Å². The maximum atomic E-state index is 13.3. The van der Waals surface area contributed by atoms with Gasteiger partial charge in [0.1, 0.15) is 12.2 Å². The van der Waals surface area contributed by atoms with Gasteiger partial charge in [-0.1, -0.05) is 38.5 Å². The smallest absolute Gasteiger partial charge is 0.306 e. The van der Waals surface area contributed by atoms with Crippen molar-refractivity contribution in [2.75, 3.05) is 34.9 Å². The van der Waals surface area contributed by atoms with Gasteiger partial charge in [0, 0.05) is 44.9 Å². The largest absolute Gasteiger partial charge is 0.462 e. The van der Waals surface area contributed by atoms with Gasteiger partial charge in [-0.3, -0.25) is 9.59 Å². The molecule has 2 N–H and O–H groups in total. The Labute approximate surface area is 258 Å². The number of likely N-dealkylation sites (N-methyl/N-ethyl adjacent to an activating group) is 1. The van der Waals surface area contributed by atoms with Gasteiger partial charge >= 0.3 is 5.97 Å². The zero-order valence-corrected chi connectivity index (χ0v) is 27.7. The number of esters is 1. The molecule has 0 aromatic carbocycles. The number of hydrogen-bond donors (Lipinski definition) is 2. The lowest BCUT2D eigenvalue weighted by Gasteiger charge is -2.44. The highest BCUT2D eigenvalue weighted by molar-refractivity contribution is 5.91. The molecule has 0 aliphatic carbocycles. The van der Waals surface area contributed by atoms with Crippen molar-refractivity contribution in [1.29, 1.82) is 0 Å². The van der Waals surface area contributed by atoms with Crippen LogP contribution in [-0.2, 0) is 33.3 Å². The number of ketones is 1. The van der Waals surface area contributed by atoms with Crippen LogP contribution >= 0.6 is 0 Å². The molecule has 248 valence electrons. The van der Waals surface area contributed by atoms with Crippen LogP contribution in [-0.4, -0.2) is 105 Å². The number of hydrogen-bond acceptors (Lipinski definition) is 10. The molecule has 10 atom stereocenters. The van der Waals surface area contributed by atoms with Crippen molar-refractivity contribution in [3.8, 4) is 0 Å². The number of carbonyl (C=O) groups excluding carboxylic acids is 2. The Morgan fingerprint density at radius 1 is 1.09 bits per heavy atom. The minimum absolute atomic E-state index is 0.0307. The van der Waals surface area contributed by atoms with Crippen molar-refractivity contribution in [3.63, 3.8) is 0 Å². The quantitative estimate of drug-likeness (QED) is 0.293. The number of cyclic esters (lactones) is 1. The number of nitrogens with zero attached hydrogens (tertiary/aromatic N) is 1. The van der Waals surface area contributed by atoms with Crippen molar-refractivity contribution >= 4 is 11.8 Å². The van der Waals surface area contributed by atoms with E-state index >= 15 is 0 Å². The van der Waals surface area contributed by atoms with Crippen LogP contribution in [0.3, 0.4) is 0 Å². The first kappa shape index (κ1) is 37.5. The predicted molar refractivity (Wildman–Crippen MR) is 164 cm³/mol. The topological polar surface area (TPSA) is 124 Å². The third-order valence-electron chi connectivity index (χ3n) is 8.92. The van der Waals surface area contributed by atoms with Crippen molar-refractivity contribution in [2.24, 2.45) is 23.7 Å². The number of methoxy groups -OCH3 is 2. The normalized spacial score (nSPS) is 35.7. The molecule has 0 bridgehead atoms. The lowest BCUT2D eigenvalue weighted by molar-refractivity contribution is -0.282. The Morgan fingerprint density at radius 2 is 1.77 bits per heavy atom. The molecule has 0 amide bonds. The number of allylic oxidation sites excluding steroid dienone is 3. The number of carbonyl (C=O) groups is 2. The van der Waals surface area contributed by atoms with Gasteiger partial charge in [-0.25, -0.2) is 0 Å². The highest BCUT2D eigenvalue weighted by atomic mass is 16.7. The van der Waals surface area contributed by atoms with Gasteiger partial charge in [0.2, 0.25) is 0 Å². The molecule has 0 spiro atoms. The van der Waals surface area contributed by atoms with E-state index in [1.807, 2.05) is 59.7 Å². The van der Waals surface area contributed by atoms with E-state index in [4.69, 9.17) is 23.7 Å². The molecule has 2 heterocycles. The summed E-state index contributed by atoms with van der Waals surface area (Å²) < 4.78 is 29.8. The number of rotatable bonds is 9. The fourth-order valence-electron chi connectivity index (χ4n) is 6.25. The second-order valence-corrected chi connectivity index (χ2v) is 12.7. The molecular weight excluding hydrogens is 554 g/mol. The summed E-state index contributed by atoms with van der Waals surface area (Å²) in [5.74, 6) is -1.49. The van der Waals surface area contributed by atoms with Crippen LogP contribution in [0.15, 0.2) is 23.8 Å². The van der Waals surface area contributed by atoms with E-state index in [9.17, 15) is 19.8 Å². The Bertz CT molecular complexity index is 918. The van der Waals surface area contributed by atoms with E-state index in [0.717, 1.165) is 5.57 Å². The number of aliphatic hydroxyl groups excluding tert-OH is 2. The van der Waals surface area contributed by atoms with Crippen molar-refractivity contribution in [1.82, 2.24) is 4.90 Å². The molecule has 0 aromatic heterocycles. The third-order valence-corrected chi connectivity index (χ3v) is 8.92. The molecule has 0 aromatic rings. The minimum Gasteiger partial charge on any atom is -0.462 e. The second kappa shape index (κ2) is 18.3. The first-order valence-electron chi connectivity index (χ1n) is 15.8. The fraction of sp³-hybridized carbons (Fsp3) is 0.818. The zero-order chi connectivity index (χ0) is 32.3. The van der Waals surface area contributed by atoms with E-state index in [1.165, 1.54) is 0 Å². The summed E-state index contributed by atoms with van der Waals surface area (Å²) in [6, 6.07) is -0.151. The van der Waals surface area contributed by atoms with Gasteiger partial charge in [0.15, 0.2) is 18.4 Å². The van der Waals surface area contributed by atoms with Crippen LogP contribution in [0.2, 0.25) is 0 Å². The average molecular weight is 612 g/mol. The minimum atomic E-state index is -0.888. The molecule has 43 heavy (non-hydrogen) atoms. The van der Waals surface area contributed by atoms with Crippen molar-refractivity contribution < 1.29 is 43.5 Å². The Hall–Kier alpha value is -1.66. The van der Waals surface area contributed by atoms with Crippen LogP contribution in [0.5, 0.6) is 0 Å². The van der Waals surface area contributed by atoms with Gasteiger partial charge < -0.3 is 38.8 Å². The molecule has 2 rings (SSSR count). The Kier molecular flexibility index (Phi) is 16.0. The van der Waals surface area contributed by atoms with Gasteiger partial charge in [0.25, 0.3) is 0 Å². The Morgan fingerprint density at radius 3 is 2.35 bits per heavy atom. The monoisotopic (exact) mass is 611 g/mol. The fourth-order valence-corrected chi connectivity index (χ4v) is 6.25. The summed E-state index contributed by atoms with van der Waals surface area (Å²) in [6.07, 6.45) is 4.49. The maximum Gasteiger partial charge on any atom is 0.306 e. The van der Waals surface area contributed by atoms with Crippen LogP contribution < -0.4 is 0 Å². The van der Waals surface area contributed by atoms with Crippen LogP contribution in [0.4, 0.5) is 0 Å². The molecule has 0 saturated carbocycles. The number of aliphatic hydroxyl groups is 2. The molecule has 0 radical (unpaired) electrons. The standard InChI is InChI=1S/C33H57NO9/c1-10-28-25(19-35)15-20(2)11-13-27(36)22(4)16-24(18-30(39-8)40-9)32(21(3)12-14-29(37)42-28)43-33-31(38)26(34(6)7)17-23(5)41-33/h11,13,15,21-26,28,30-33,35,38H,10,12,14,16-19H2,1-9H3/t21-,22+,23?,24+,25+,26?,28+,31?,32+,33?/m0/s1. The molecule has 1 fully saturated rings. The molecule has 10 nitrogen and oxygen atoms in total. The highest BCUT2D eigenvalue weighted by Gasteiger charge is 2.42. The van der Waals surface area contributed by atoms with Gasteiger partial charge in [-0.15, -0.1) is 0 Å². The van der Waals surface area contributed by atoms with E-state index in [1.54, 1.807) is 26.4 Å². The summed E-state index contributed by atoms with van der Waals surface area (Å²) in [5.41, 5.74) is 0.805.